The standard InChI is InChI=1S/C17H21F3N2O3S/c1-10(21-8-11(16(24)25)12(9-21)17(18,19)20)15(23)22-6-2-4-13(22)14-5-3-7-26-14/h3,5,7,10-13H,2,4,6,8-9H2,1H3,(H,24,25)/t10?,11-,12-,13?/m1/s1. The van der Waals surface area contributed by atoms with E-state index < -0.39 is 36.6 Å². The molecule has 1 aromatic heterocycles. The third-order valence-corrected chi connectivity index (χ3v) is 6.37. The van der Waals surface area contributed by atoms with Gasteiger partial charge in [0.25, 0.3) is 0 Å². The number of carbonyl (C=O) groups is 2. The summed E-state index contributed by atoms with van der Waals surface area (Å²) in [4.78, 5) is 28.3. The van der Waals surface area contributed by atoms with Gasteiger partial charge in [-0.25, -0.2) is 0 Å². The van der Waals surface area contributed by atoms with Gasteiger partial charge in [0.05, 0.1) is 23.9 Å². The van der Waals surface area contributed by atoms with Gasteiger partial charge in [-0.05, 0) is 31.2 Å². The highest BCUT2D eigenvalue weighted by Crippen LogP contribution is 2.40. The summed E-state index contributed by atoms with van der Waals surface area (Å²) in [6.07, 6.45) is -2.90. The molecule has 0 saturated carbocycles. The molecular weight excluding hydrogens is 369 g/mol. The molecule has 0 aromatic carbocycles. The fourth-order valence-corrected chi connectivity index (χ4v) is 4.81. The average molecular weight is 390 g/mol. The van der Waals surface area contributed by atoms with Gasteiger partial charge in [0.2, 0.25) is 5.91 Å². The van der Waals surface area contributed by atoms with Gasteiger partial charge in [0, 0.05) is 24.5 Å². The molecule has 5 nitrogen and oxygen atoms in total. The molecule has 26 heavy (non-hydrogen) atoms. The van der Waals surface area contributed by atoms with Crippen molar-refractivity contribution in [2.75, 3.05) is 19.6 Å². The van der Waals surface area contributed by atoms with Crippen molar-refractivity contribution < 1.29 is 27.9 Å². The quantitative estimate of drug-likeness (QED) is 0.859. The van der Waals surface area contributed by atoms with E-state index in [1.807, 2.05) is 17.5 Å². The summed E-state index contributed by atoms with van der Waals surface area (Å²) in [5.74, 6) is -5.17. The summed E-state index contributed by atoms with van der Waals surface area (Å²) in [6, 6.07) is 3.06. The van der Waals surface area contributed by atoms with Crippen LogP contribution in [-0.2, 0) is 9.59 Å². The molecule has 0 bridgehead atoms. The summed E-state index contributed by atoms with van der Waals surface area (Å²) in [6.45, 7) is 1.43. The Hall–Kier alpha value is -1.61. The second kappa shape index (κ2) is 7.19. The maximum absolute atomic E-state index is 13.2. The number of carboxylic acid groups (broad SMARTS) is 1. The number of rotatable bonds is 4. The number of likely N-dealkylation sites (tertiary alicyclic amines) is 2. The molecule has 1 amide bonds. The van der Waals surface area contributed by atoms with Crippen LogP contribution >= 0.6 is 11.3 Å². The summed E-state index contributed by atoms with van der Waals surface area (Å²) in [7, 11) is 0. The topological polar surface area (TPSA) is 60.9 Å². The first-order valence-corrected chi connectivity index (χ1v) is 9.45. The Morgan fingerprint density at radius 2 is 2.08 bits per heavy atom. The highest BCUT2D eigenvalue weighted by molar-refractivity contribution is 7.10. The molecule has 2 saturated heterocycles. The van der Waals surface area contributed by atoms with Crippen LogP contribution in [0.3, 0.4) is 0 Å². The van der Waals surface area contributed by atoms with Gasteiger partial charge in [0.1, 0.15) is 0 Å². The van der Waals surface area contributed by atoms with Crippen LogP contribution in [0.15, 0.2) is 17.5 Å². The number of aliphatic carboxylic acids is 1. The molecule has 2 aliphatic heterocycles. The van der Waals surface area contributed by atoms with Crippen LogP contribution in [0.2, 0.25) is 0 Å². The van der Waals surface area contributed by atoms with Gasteiger partial charge >= 0.3 is 12.1 Å². The van der Waals surface area contributed by atoms with E-state index in [1.165, 1.54) is 4.90 Å². The summed E-state index contributed by atoms with van der Waals surface area (Å²) in [5.41, 5.74) is 0. The molecule has 1 aromatic rings. The Morgan fingerprint density at radius 1 is 1.35 bits per heavy atom. The lowest BCUT2D eigenvalue weighted by atomic mass is 9.96. The van der Waals surface area contributed by atoms with Crippen molar-refractivity contribution in [3.05, 3.63) is 22.4 Å². The van der Waals surface area contributed by atoms with Crippen molar-refractivity contribution in [2.24, 2.45) is 11.8 Å². The first kappa shape index (κ1) is 19.2. The lowest BCUT2D eigenvalue weighted by Gasteiger charge is -2.31. The fourth-order valence-electron chi connectivity index (χ4n) is 3.94. The summed E-state index contributed by atoms with van der Waals surface area (Å²) >= 11 is 1.56. The third kappa shape index (κ3) is 3.59. The molecule has 3 rings (SSSR count). The summed E-state index contributed by atoms with van der Waals surface area (Å²) in [5, 5.41) is 11.1. The summed E-state index contributed by atoms with van der Waals surface area (Å²) < 4.78 is 39.5. The predicted octanol–water partition coefficient (Wildman–Crippen LogP) is 3.00. The number of hydrogen-bond donors (Lipinski definition) is 1. The van der Waals surface area contributed by atoms with E-state index >= 15 is 0 Å². The zero-order valence-corrected chi connectivity index (χ0v) is 15.1. The number of halogens is 3. The van der Waals surface area contributed by atoms with Gasteiger partial charge in [0.15, 0.2) is 0 Å². The molecular formula is C17H21F3N2O3S. The molecule has 144 valence electrons. The van der Waals surface area contributed by atoms with E-state index in [-0.39, 0.29) is 18.5 Å². The number of nitrogens with zero attached hydrogens (tertiary/aromatic N) is 2. The van der Waals surface area contributed by atoms with Gasteiger partial charge in [-0.3, -0.25) is 14.5 Å². The first-order chi connectivity index (χ1) is 12.2. The van der Waals surface area contributed by atoms with Gasteiger partial charge < -0.3 is 10.0 Å². The number of alkyl halides is 3. The normalized spacial score (nSPS) is 28.5. The van der Waals surface area contributed by atoms with E-state index in [0.29, 0.717) is 6.54 Å². The molecule has 1 N–H and O–H groups in total. The molecule has 2 fully saturated rings. The molecule has 4 atom stereocenters. The Balaban J connectivity index is 1.73. The third-order valence-electron chi connectivity index (χ3n) is 5.40. The molecule has 0 radical (unpaired) electrons. The number of hydrogen-bond acceptors (Lipinski definition) is 4. The zero-order chi connectivity index (χ0) is 19.1. The second-order valence-corrected chi connectivity index (χ2v) is 7.91. The highest BCUT2D eigenvalue weighted by Gasteiger charge is 2.54. The average Bonchev–Trinajstić information content (AvgIpc) is 3.30. The number of amides is 1. The van der Waals surface area contributed by atoms with Crippen LogP contribution < -0.4 is 0 Å². The second-order valence-electron chi connectivity index (χ2n) is 6.93. The van der Waals surface area contributed by atoms with E-state index in [1.54, 1.807) is 23.2 Å². The number of thiophene rings is 1. The molecule has 2 aliphatic rings. The molecule has 0 spiro atoms. The fraction of sp³-hybridized carbons (Fsp3) is 0.647. The maximum Gasteiger partial charge on any atom is 0.393 e. The minimum Gasteiger partial charge on any atom is -0.481 e. The zero-order valence-electron chi connectivity index (χ0n) is 14.3. The van der Waals surface area contributed by atoms with Gasteiger partial charge in [-0.1, -0.05) is 6.07 Å². The van der Waals surface area contributed by atoms with E-state index in [4.69, 9.17) is 5.11 Å². The molecule has 3 heterocycles. The van der Waals surface area contributed by atoms with Gasteiger partial charge in [-0.2, -0.15) is 13.2 Å². The Bertz CT molecular complexity index is 665. The predicted molar refractivity (Wildman–Crippen MR) is 89.7 cm³/mol. The van der Waals surface area contributed by atoms with Crippen molar-refractivity contribution in [1.82, 2.24) is 9.80 Å². The maximum atomic E-state index is 13.2. The van der Waals surface area contributed by atoms with Crippen molar-refractivity contribution >= 4 is 23.2 Å². The first-order valence-electron chi connectivity index (χ1n) is 8.57. The van der Waals surface area contributed by atoms with Crippen LogP contribution in [0.1, 0.15) is 30.7 Å². The minimum atomic E-state index is -4.59. The van der Waals surface area contributed by atoms with Crippen molar-refractivity contribution in [2.45, 2.75) is 38.0 Å². The van der Waals surface area contributed by atoms with E-state index in [2.05, 4.69) is 0 Å². The van der Waals surface area contributed by atoms with Crippen LogP contribution in [0.4, 0.5) is 13.2 Å². The smallest absolute Gasteiger partial charge is 0.393 e. The minimum absolute atomic E-state index is 0.0405. The SMILES string of the molecule is CC(C(=O)N1CCCC1c1cccs1)N1C[C@@H](C(F)(F)F)[C@H](C(=O)O)C1. The van der Waals surface area contributed by atoms with Crippen molar-refractivity contribution in [1.29, 1.82) is 0 Å². The molecule has 9 heteroatoms. The van der Waals surface area contributed by atoms with Gasteiger partial charge in [-0.15, -0.1) is 11.3 Å². The molecule has 2 unspecified atom stereocenters. The lowest BCUT2D eigenvalue weighted by molar-refractivity contribution is -0.188. The van der Waals surface area contributed by atoms with Crippen LogP contribution in [-0.4, -0.2) is 58.6 Å². The van der Waals surface area contributed by atoms with Crippen LogP contribution in [0.25, 0.3) is 0 Å². The van der Waals surface area contributed by atoms with E-state index in [0.717, 1.165) is 17.7 Å². The lowest BCUT2D eigenvalue weighted by Crippen LogP contribution is -2.46. The Kier molecular flexibility index (Phi) is 5.30. The number of carboxylic acids is 1. The van der Waals surface area contributed by atoms with E-state index in [9.17, 15) is 22.8 Å². The van der Waals surface area contributed by atoms with Crippen molar-refractivity contribution in [3.63, 3.8) is 0 Å². The molecule has 0 aliphatic carbocycles. The van der Waals surface area contributed by atoms with Crippen LogP contribution in [0, 0.1) is 11.8 Å². The largest absolute Gasteiger partial charge is 0.481 e. The van der Waals surface area contributed by atoms with Crippen LogP contribution in [0.5, 0.6) is 0 Å². The number of carbonyl (C=O) groups excluding carboxylic acids is 1. The highest BCUT2D eigenvalue weighted by atomic mass is 32.1. The van der Waals surface area contributed by atoms with Crippen molar-refractivity contribution in [3.8, 4) is 0 Å². The monoisotopic (exact) mass is 390 g/mol. The Morgan fingerprint density at radius 3 is 2.62 bits per heavy atom. The Labute approximate surface area is 153 Å².